The molecule has 3 heterocycles. The zero-order valence-corrected chi connectivity index (χ0v) is 18.9. The van der Waals surface area contributed by atoms with E-state index in [0.717, 1.165) is 44.4 Å². The molecule has 1 aliphatic rings. The minimum atomic E-state index is -0.682. The van der Waals surface area contributed by atoms with Crippen molar-refractivity contribution in [3.63, 3.8) is 0 Å². The number of benzene rings is 3. The fraction of sp³-hybridized carbons (Fsp3) is 0.143. The number of hydrogen-bond acceptors (Lipinski definition) is 3. The number of nitrogens with zero attached hydrogens (tertiary/aromatic N) is 1. The summed E-state index contributed by atoms with van der Waals surface area (Å²) in [6.07, 6.45) is 3.45. The maximum Gasteiger partial charge on any atom is 0.255 e. The lowest BCUT2D eigenvalue weighted by molar-refractivity contribution is -0.122. The van der Waals surface area contributed by atoms with Gasteiger partial charge < -0.3 is 19.6 Å². The van der Waals surface area contributed by atoms with Crippen LogP contribution in [0.15, 0.2) is 83.6 Å². The molecule has 0 spiro atoms. The Morgan fingerprint density at radius 2 is 1.91 bits per heavy atom. The molecule has 6 rings (SSSR count). The number of amides is 2. The Labute approximate surface area is 196 Å². The molecule has 2 amide bonds. The molecule has 0 saturated heterocycles. The molecule has 0 atom stereocenters. The number of carbonyl (C=O) groups is 2. The van der Waals surface area contributed by atoms with Crippen molar-refractivity contribution in [2.24, 2.45) is 0 Å². The molecule has 168 valence electrons. The smallest absolute Gasteiger partial charge is 0.255 e. The van der Waals surface area contributed by atoms with Gasteiger partial charge in [0, 0.05) is 39.3 Å². The van der Waals surface area contributed by atoms with Gasteiger partial charge in [-0.15, -0.1) is 0 Å². The number of nitrogens with one attached hydrogen (secondary N) is 2. The van der Waals surface area contributed by atoms with Crippen LogP contribution in [0.3, 0.4) is 0 Å². The monoisotopic (exact) mass is 449 g/mol. The van der Waals surface area contributed by atoms with Crippen LogP contribution in [0.4, 0.5) is 11.4 Å². The molecule has 2 aromatic heterocycles. The Kier molecular flexibility index (Phi) is 4.39. The van der Waals surface area contributed by atoms with Crippen LogP contribution >= 0.6 is 0 Å². The van der Waals surface area contributed by atoms with Gasteiger partial charge in [-0.1, -0.05) is 42.5 Å². The van der Waals surface area contributed by atoms with Gasteiger partial charge in [0.2, 0.25) is 5.91 Å². The average molecular weight is 450 g/mol. The van der Waals surface area contributed by atoms with E-state index in [1.54, 1.807) is 23.4 Å². The number of carbonyl (C=O) groups excluding carboxylic acids is 2. The first-order valence-electron chi connectivity index (χ1n) is 11.2. The summed E-state index contributed by atoms with van der Waals surface area (Å²) < 4.78 is 5.69. The number of aromatic nitrogens is 1. The Bertz CT molecular complexity index is 1590. The topological polar surface area (TPSA) is 78.3 Å². The van der Waals surface area contributed by atoms with Crippen molar-refractivity contribution < 1.29 is 14.0 Å². The number of rotatable bonds is 4. The standard InChI is InChI=1S/C28H23N3O3/c1-28(2)21-11-10-18(26(32)30-23-15-29-22-9-4-3-8-20(22)23)14-24(21)31(27(28)33)16-19-7-5-6-17-12-13-34-25(17)19/h3-15,29H,16H2,1-2H3,(H,30,32). The van der Waals surface area contributed by atoms with Gasteiger partial charge in [0.25, 0.3) is 5.91 Å². The second-order valence-electron chi connectivity index (χ2n) is 9.21. The van der Waals surface area contributed by atoms with Gasteiger partial charge in [-0.2, -0.15) is 0 Å². The molecule has 1 aliphatic heterocycles. The predicted molar refractivity (Wildman–Crippen MR) is 133 cm³/mol. The van der Waals surface area contributed by atoms with Crippen LogP contribution in [0.5, 0.6) is 0 Å². The molecular weight excluding hydrogens is 426 g/mol. The SMILES string of the molecule is CC1(C)C(=O)N(Cc2cccc3ccoc23)c2cc(C(=O)Nc3c[nH]c4ccccc34)ccc21. The number of aromatic amines is 1. The van der Waals surface area contributed by atoms with E-state index in [0.29, 0.717) is 12.1 Å². The van der Waals surface area contributed by atoms with Gasteiger partial charge >= 0.3 is 0 Å². The van der Waals surface area contributed by atoms with Crippen molar-refractivity contribution >= 4 is 45.1 Å². The van der Waals surface area contributed by atoms with Gasteiger partial charge in [-0.25, -0.2) is 0 Å². The van der Waals surface area contributed by atoms with E-state index in [4.69, 9.17) is 4.42 Å². The number of para-hydroxylation sites is 2. The van der Waals surface area contributed by atoms with E-state index in [2.05, 4.69) is 10.3 Å². The van der Waals surface area contributed by atoms with E-state index in [9.17, 15) is 9.59 Å². The Hall–Kier alpha value is -4.32. The first-order chi connectivity index (χ1) is 16.4. The van der Waals surface area contributed by atoms with Crippen LogP contribution in [-0.2, 0) is 16.8 Å². The molecule has 0 aliphatic carbocycles. The predicted octanol–water partition coefficient (Wildman–Crippen LogP) is 5.99. The molecular formula is C28H23N3O3. The minimum Gasteiger partial charge on any atom is -0.464 e. The highest BCUT2D eigenvalue weighted by atomic mass is 16.3. The number of anilines is 2. The van der Waals surface area contributed by atoms with Crippen LogP contribution in [0, 0.1) is 0 Å². The molecule has 0 saturated carbocycles. The van der Waals surface area contributed by atoms with Gasteiger partial charge in [0.15, 0.2) is 0 Å². The van der Waals surface area contributed by atoms with E-state index in [1.807, 2.05) is 74.5 Å². The zero-order chi connectivity index (χ0) is 23.4. The first kappa shape index (κ1) is 20.3. The highest BCUT2D eigenvalue weighted by Gasteiger charge is 2.44. The van der Waals surface area contributed by atoms with Crippen LogP contribution < -0.4 is 10.2 Å². The van der Waals surface area contributed by atoms with E-state index >= 15 is 0 Å². The second-order valence-corrected chi connectivity index (χ2v) is 9.21. The van der Waals surface area contributed by atoms with Crippen LogP contribution in [0.2, 0.25) is 0 Å². The Morgan fingerprint density at radius 1 is 1.06 bits per heavy atom. The molecule has 0 fully saturated rings. The van der Waals surface area contributed by atoms with Crippen LogP contribution in [-0.4, -0.2) is 16.8 Å². The maximum atomic E-state index is 13.4. The minimum absolute atomic E-state index is 0.000228. The van der Waals surface area contributed by atoms with E-state index < -0.39 is 5.41 Å². The fourth-order valence-electron chi connectivity index (χ4n) is 4.86. The fourth-order valence-corrected chi connectivity index (χ4v) is 4.86. The summed E-state index contributed by atoms with van der Waals surface area (Å²) in [5.74, 6) is -0.224. The van der Waals surface area contributed by atoms with Crippen molar-refractivity contribution in [3.05, 3.63) is 95.9 Å². The van der Waals surface area contributed by atoms with Gasteiger partial charge in [-0.3, -0.25) is 9.59 Å². The van der Waals surface area contributed by atoms with Crippen molar-refractivity contribution in [2.45, 2.75) is 25.8 Å². The summed E-state index contributed by atoms with van der Waals surface area (Å²) >= 11 is 0. The molecule has 6 heteroatoms. The van der Waals surface area contributed by atoms with E-state index in [1.165, 1.54) is 0 Å². The maximum absolute atomic E-state index is 13.4. The van der Waals surface area contributed by atoms with Gasteiger partial charge in [0.05, 0.1) is 23.9 Å². The normalized spacial score (nSPS) is 14.6. The summed E-state index contributed by atoms with van der Waals surface area (Å²) in [7, 11) is 0. The molecule has 2 N–H and O–H groups in total. The van der Waals surface area contributed by atoms with Crippen molar-refractivity contribution in [3.8, 4) is 0 Å². The average Bonchev–Trinajstić information content (AvgIpc) is 3.53. The van der Waals surface area contributed by atoms with Crippen molar-refractivity contribution in [2.75, 3.05) is 10.2 Å². The van der Waals surface area contributed by atoms with Crippen LogP contribution in [0.25, 0.3) is 21.9 Å². The lowest BCUT2D eigenvalue weighted by Gasteiger charge is -2.20. The summed E-state index contributed by atoms with van der Waals surface area (Å²) in [5.41, 5.74) is 4.85. The number of hydrogen-bond donors (Lipinski definition) is 2. The number of H-pyrrole nitrogens is 1. The lowest BCUT2D eigenvalue weighted by Crippen LogP contribution is -2.35. The zero-order valence-electron chi connectivity index (χ0n) is 18.9. The van der Waals surface area contributed by atoms with E-state index in [-0.39, 0.29) is 11.8 Å². The Balaban J connectivity index is 1.36. The second kappa shape index (κ2) is 7.35. The largest absolute Gasteiger partial charge is 0.464 e. The molecule has 0 unspecified atom stereocenters. The highest BCUT2D eigenvalue weighted by Crippen LogP contribution is 2.43. The molecule has 0 bridgehead atoms. The molecule has 0 radical (unpaired) electrons. The summed E-state index contributed by atoms with van der Waals surface area (Å²) in [6, 6.07) is 21.1. The third kappa shape index (κ3) is 3.03. The van der Waals surface area contributed by atoms with Gasteiger partial charge in [-0.05, 0) is 43.7 Å². The molecule has 34 heavy (non-hydrogen) atoms. The summed E-state index contributed by atoms with van der Waals surface area (Å²) in [6.45, 7) is 4.22. The number of furan rings is 1. The molecule has 5 aromatic rings. The third-order valence-corrected chi connectivity index (χ3v) is 6.73. The highest BCUT2D eigenvalue weighted by molar-refractivity contribution is 6.12. The van der Waals surface area contributed by atoms with Crippen molar-refractivity contribution in [1.29, 1.82) is 0 Å². The first-order valence-corrected chi connectivity index (χ1v) is 11.2. The van der Waals surface area contributed by atoms with Crippen LogP contribution in [0.1, 0.15) is 35.3 Å². The molecule has 3 aromatic carbocycles. The molecule has 6 nitrogen and oxygen atoms in total. The Morgan fingerprint density at radius 3 is 2.79 bits per heavy atom. The summed E-state index contributed by atoms with van der Waals surface area (Å²) in [5, 5.41) is 4.94. The van der Waals surface area contributed by atoms with Gasteiger partial charge in [0.1, 0.15) is 5.58 Å². The quantitative estimate of drug-likeness (QED) is 0.354. The number of fused-ring (bicyclic) bond motifs is 3. The third-order valence-electron chi connectivity index (χ3n) is 6.73. The summed E-state index contributed by atoms with van der Waals surface area (Å²) in [4.78, 5) is 31.5. The lowest BCUT2D eigenvalue weighted by atomic mass is 9.86. The van der Waals surface area contributed by atoms with Crippen molar-refractivity contribution in [1.82, 2.24) is 4.98 Å².